The zero-order valence-electron chi connectivity index (χ0n) is 13.7. The Hall–Kier alpha value is -2.63. The predicted molar refractivity (Wildman–Crippen MR) is 88.1 cm³/mol. The lowest BCUT2D eigenvalue weighted by Crippen LogP contribution is -2.34. The normalized spacial score (nSPS) is 16.5. The number of carbonyl (C=O) groups excluding carboxylic acids is 2. The Labute approximate surface area is 149 Å². The molecule has 0 unspecified atom stereocenters. The first-order chi connectivity index (χ1) is 12.3. The molecule has 1 fully saturated rings. The number of nitrogens with one attached hydrogen (secondary N) is 2. The number of ether oxygens (including phenoxy) is 2. The summed E-state index contributed by atoms with van der Waals surface area (Å²) in [7, 11) is -1.49. The highest BCUT2D eigenvalue weighted by Crippen LogP contribution is 2.28. The maximum atomic E-state index is 14.1. The zero-order valence-corrected chi connectivity index (χ0v) is 14.6. The molecule has 0 bridgehead atoms. The van der Waals surface area contributed by atoms with Crippen LogP contribution in [0.15, 0.2) is 12.1 Å². The SMILES string of the molecule is COC(=O)NC[C@H]1CN(c2cc(F)c(NCC[SH](=O)=O)c(F)c2)C(=O)O1. The fourth-order valence-corrected chi connectivity index (χ4v) is 2.56. The van der Waals surface area contributed by atoms with E-state index in [0.29, 0.717) is 0 Å². The van der Waals surface area contributed by atoms with Crippen LogP contribution in [0.1, 0.15) is 0 Å². The molecule has 0 saturated carbocycles. The molecule has 12 heteroatoms. The first kappa shape index (κ1) is 19.7. The number of rotatable bonds is 7. The summed E-state index contributed by atoms with van der Waals surface area (Å²) in [6, 6.07) is 1.86. The van der Waals surface area contributed by atoms with E-state index in [1.807, 2.05) is 0 Å². The molecule has 1 saturated heterocycles. The maximum absolute atomic E-state index is 14.1. The molecule has 1 atom stereocenters. The summed E-state index contributed by atoms with van der Waals surface area (Å²) < 4.78 is 58.6. The molecule has 1 aromatic carbocycles. The maximum Gasteiger partial charge on any atom is 0.414 e. The van der Waals surface area contributed by atoms with Gasteiger partial charge in [-0.25, -0.2) is 26.8 Å². The van der Waals surface area contributed by atoms with Gasteiger partial charge in [0.2, 0.25) is 0 Å². The smallest absolute Gasteiger partial charge is 0.414 e. The molecule has 0 radical (unpaired) electrons. The Morgan fingerprint density at radius 3 is 2.62 bits per heavy atom. The van der Waals surface area contributed by atoms with Crippen molar-refractivity contribution in [2.75, 3.05) is 42.7 Å². The number of amides is 2. The van der Waals surface area contributed by atoms with Crippen LogP contribution in [0.5, 0.6) is 0 Å². The van der Waals surface area contributed by atoms with Crippen LogP contribution in [0.3, 0.4) is 0 Å². The monoisotopic (exact) mass is 393 g/mol. The van der Waals surface area contributed by atoms with Gasteiger partial charge in [-0.15, -0.1) is 0 Å². The van der Waals surface area contributed by atoms with Gasteiger partial charge in [-0.2, -0.15) is 0 Å². The van der Waals surface area contributed by atoms with Gasteiger partial charge < -0.3 is 20.1 Å². The van der Waals surface area contributed by atoms with Gasteiger partial charge in [0, 0.05) is 18.7 Å². The second kappa shape index (κ2) is 8.65. The molecule has 1 aromatic rings. The molecule has 0 aliphatic carbocycles. The Morgan fingerprint density at radius 1 is 1.38 bits per heavy atom. The molecule has 1 aliphatic rings. The second-order valence-electron chi connectivity index (χ2n) is 5.26. The van der Waals surface area contributed by atoms with E-state index in [4.69, 9.17) is 4.74 Å². The third-order valence-electron chi connectivity index (χ3n) is 3.47. The molecular weight excluding hydrogens is 376 g/mol. The Kier molecular flexibility index (Phi) is 6.55. The van der Waals surface area contributed by atoms with E-state index in [9.17, 15) is 26.8 Å². The summed E-state index contributed by atoms with van der Waals surface area (Å²) in [6.45, 7) is -0.197. The molecular formula is C14H17F2N3O6S. The number of anilines is 2. The van der Waals surface area contributed by atoms with Crippen LogP contribution in [0, 0.1) is 11.6 Å². The summed E-state index contributed by atoms with van der Waals surface area (Å²) >= 11 is 0. The number of nitrogens with zero attached hydrogens (tertiary/aromatic N) is 1. The minimum atomic E-state index is -2.67. The molecule has 1 heterocycles. The highest BCUT2D eigenvalue weighted by molar-refractivity contribution is 7.72. The van der Waals surface area contributed by atoms with Crippen molar-refractivity contribution in [3.8, 4) is 0 Å². The Morgan fingerprint density at radius 2 is 2.04 bits per heavy atom. The van der Waals surface area contributed by atoms with Gasteiger partial charge in [0.1, 0.15) is 22.5 Å². The van der Waals surface area contributed by atoms with Crippen molar-refractivity contribution < 1.29 is 36.3 Å². The molecule has 2 amide bonds. The van der Waals surface area contributed by atoms with Crippen molar-refractivity contribution in [1.82, 2.24) is 5.32 Å². The Bertz CT molecular complexity index is 742. The van der Waals surface area contributed by atoms with E-state index in [-0.39, 0.29) is 31.1 Å². The fourth-order valence-electron chi connectivity index (χ4n) is 2.26. The number of hydrogen-bond donors (Lipinski definition) is 3. The third kappa shape index (κ3) is 4.94. The molecule has 2 N–H and O–H groups in total. The van der Waals surface area contributed by atoms with E-state index < -0.39 is 46.3 Å². The number of halogens is 2. The highest BCUT2D eigenvalue weighted by Gasteiger charge is 2.33. The molecule has 0 aromatic heterocycles. The highest BCUT2D eigenvalue weighted by atomic mass is 32.2. The lowest BCUT2D eigenvalue weighted by molar-refractivity contribution is 0.132. The zero-order chi connectivity index (χ0) is 19.3. The van der Waals surface area contributed by atoms with Gasteiger partial charge in [-0.05, 0) is 0 Å². The number of hydrogen-bond acceptors (Lipinski definition) is 7. The number of benzene rings is 1. The van der Waals surface area contributed by atoms with Crippen LogP contribution in [-0.4, -0.2) is 59.2 Å². The number of methoxy groups -OCH3 is 1. The number of carbonyl (C=O) groups is 2. The minimum Gasteiger partial charge on any atom is -0.453 e. The number of cyclic esters (lactones) is 1. The lowest BCUT2D eigenvalue weighted by atomic mass is 10.2. The van der Waals surface area contributed by atoms with Crippen LogP contribution in [-0.2, 0) is 20.2 Å². The summed E-state index contributed by atoms with van der Waals surface area (Å²) in [5.41, 5.74) is -0.548. The molecule has 0 spiro atoms. The van der Waals surface area contributed by atoms with Gasteiger partial charge in [0.05, 0.1) is 31.6 Å². The summed E-state index contributed by atoms with van der Waals surface area (Å²) in [5.74, 6) is -2.24. The topological polar surface area (TPSA) is 114 Å². The van der Waals surface area contributed by atoms with Gasteiger partial charge in [-0.1, -0.05) is 0 Å². The number of thiol groups is 1. The standard InChI is InChI=1S/C14H17F2N3O6S/c1-24-13(20)18-6-9-7-19(14(21)25-9)8-4-10(15)12(11(16)5-8)17-2-3-26(22)23/h4-5,9,17,26H,2-3,6-7H2,1H3,(H,18,20)/t9-/m0/s1. The van der Waals surface area contributed by atoms with Gasteiger partial charge >= 0.3 is 12.2 Å². The van der Waals surface area contributed by atoms with Crippen LogP contribution in [0.4, 0.5) is 29.7 Å². The van der Waals surface area contributed by atoms with Crippen LogP contribution >= 0.6 is 0 Å². The van der Waals surface area contributed by atoms with Gasteiger partial charge in [0.15, 0.2) is 11.6 Å². The van der Waals surface area contributed by atoms with Crippen molar-refractivity contribution >= 4 is 34.3 Å². The largest absolute Gasteiger partial charge is 0.453 e. The molecule has 9 nitrogen and oxygen atoms in total. The molecule has 2 rings (SSSR count). The van der Waals surface area contributed by atoms with E-state index in [1.165, 1.54) is 7.11 Å². The predicted octanol–water partition coefficient (Wildman–Crippen LogP) is 0.669. The third-order valence-corrected chi connectivity index (χ3v) is 4.06. The first-order valence-electron chi connectivity index (χ1n) is 7.46. The van der Waals surface area contributed by atoms with Crippen molar-refractivity contribution in [2.24, 2.45) is 0 Å². The fraction of sp³-hybridized carbons (Fsp3) is 0.429. The van der Waals surface area contributed by atoms with Crippen molar-refractivity contribution in [3.63, 3.8) is 0 Å². The average molecular weight is 393 g/mol. The van der Waals surface area contributed by atoms with Crippen molar-refractivity contribution in [2.45, 2.75) is 6.10 Å². The molecule has 144 valence electrons. The van der Waals surface area contributed by atoms with Crippen LogP contribution in [0.2, 0.25) is 0 Å². The van der Waals surface area contributed by atoms with Crippen LogP contribution in [0.25, 0.3) is 0 Å². The quantitative estimate of drug-likeness (QED) is 0.584. The first-order valence-corrected chi connectivity index (χ1v) is 8.82. The second-order valence-corrected chi connectivity index (χ2v) is 6.37. The summed E-state index contributed by atoms with van der Waals surface area (Å²) in [5, 5.41) is 4.72. The van der Waals surface area contributed by atoms with Crippen molar-refractivity contribution in [1.29, 1.82) is 0 Å². The van der Waals surface area contributed by atoms with Gasteiger partial charge in [0.25, 0.3) is 0 Å². The summed E-state index contributed by atoms with van der Waals surface area (Å²) in [4.78, 5) is 23.9. The van der Waals surface area contributed by atoms with Gasteiger partial charge in [-0.3, -0.25) is 4.90 Å². The molecule has 26 heavy (non-hydrogen) atoms. The van der Waals surface area contributed by atoms with Crippen LogP contribution < -0.4 is 15.5 Å². The number of alkyl carbamates (subject to hydrolysis) is 1. The average Bonchev–Trinajstić information content (AvgIpc) is 2.95. The van der Waals surface area contributed by atoms with E-state index in [0.717, 1.165) is 17.0 Å². The minimum absolute atomic E-state index is 0.0209. The van der Waals surface area contributed by atoms with E-state index >= 15 is 0 Å². The lowest BCUT2D eigenvalue weighted by Gasteiger charge is -2.15. The molecule has 1 aliphatic heterocycles. The summed E-state index contributed by atoms with van der Waals surface area (Å²) in [6.07, 6.45) is -2.23. The van der Waals surface area contributed by atoms with E-state index in [1.54, 1.807) is 0 Å². The van der Waals surface area contributed by atoms with E-state index in [2.05, 4.69) is 15.4 Å². The van der Waals surface area contributed by atoms with Crippen molar-refractivity contribution in [3.05, 3.63) is 23.8 Å². The Balaban J connectivity index is 2.06.